The molecule has 0 aliphatic rings. The van der Waals surface area contributed by atoms with Gasteiger partial charge in [0.25, 0.3) is 0 Å². The summed E-state index contributed by atoms with van der Waals surface area (Å²) >= 11 is 0. The molecule has 1 unspecified atom stereocenters. The van der Waals surface area contributed by atoms with Crippen molar-refractivity contribution in [3.05, 3.63) is 65.7 Å². The quantitative estimate of drug-likeness (QED) is 0.525. The number of hydrogen-bond donors (Lipinski definition) is 0. The van der Waals surface area contributed by atoms with E-state index in [0.29, 0.717) is 16.9 Å². The van der Waals surface area contributed by atoms with Crippen molar-refractivity contribution in [2.75, 3.05) is 0 Å². The molecule has 0 amide bonds. The Hall–Kier alpha value is -2.62. The largest absolute Gasteiger partial charge is 0.488 e. The molecular weight excluding hydrogens is 340 g/mol. The Labute approximate surface area is 161 Å². The number of rotatable bonds is 5. The highest BCUT2D eigenvalue weighted by Crippen LogP contribution is 2.30. The SMILES string of the molecule is CC(C)(C)Oc1cccc(C(OC(=O)C(C)(C)C)C(=O)c2ccccc2)c1. The fourth-order valence-electron chi connectivity index (χ4n) is 2.41. The van der Waals surface area contributed by atoms with Crippen molar-refractivity contribution in [2.24, 2.45) is 5.41 Å². The lowest BCUT2D eigenvalue weighted by molar-refractivity contribution is -0.156. The smallest absolute Gasteiger partial charge is 0.312 e. The third kappa shape index (κ3) is 5.95. The van der Waals surface area contributed by atoms with Crippen molar-refractivity contribution in [3.8, 4) is 5.75 Å². The highest BCUT2D eigenvalue weighted by atomic mass is 16.5. The molecule has 1 atom stereocenters. The Kier molecular flexibility index (Phi) is 6.09. The number of carbonyl (C=O) groups is 2. The molecule has 0 saturated heterocycles. The van der Waals surface area contributed by atoms with Gasteiger partial charge in [-0.3, -0.25) is 9.59 Å². The van der Waals surface area contributed by atoms with Gasteiger partial charge in [0.1, 0.15) is 11.4 Å². The molecule has 0 bridgehead atoms. The molecule has 0 aliphatic heterocycles. The highest BCUT2D eigenvalue weighted by molar-refractivity contribution is 6.01. The van der Waals surface area contributed by atoms with Crippen LogP contribution in [-0.2, 0) is 9.53 Å². The molecule has 0 aliphatic carbocycles. The van der Waals surface area contributed by atoms with E-state index in [9.17, 15) is 9.59 Å². The van der Waals surface area contributed by atoms with Crippen molar-refractivity contribution < 1.29 is 19.1 Å². The van der Waals surface area contributed by atoms with Crippen molar-refractivity contribution in [1.82, 2.24) is 0 Å². The molecule has 4 heteroatoms. The summed E-state index contributed by atoms with van der Waals surface area (Å²) in [4.78, 5) is 25.6. The van der Waals surface area contributed by atoms with Gasteiger partial charge >= 0.3 is 5.97 Å². The number of hydrogen-bond acceptors (Lipinski definition) is 4. The minimum Gasteiger partial charge on any atom is -0.488 e. The van der Waals surface area contributed by atoms with Crippen LogP contribution in [0.4, 0.5) is 0 Å². The van der Waals surface area contributed by atoms with Crippen molar-refractivity contribution >= 4 is 11.8 Å². The maximum absolute atomic E-state index is 13.1. The van der Waals surface area contributed by atoms with E-state index < -0.39 is 17.5 Å². The molecule has 4 nitrogen and oxygen atoms in total. The third-order valence-corrected chi connectivity index (χ3v) is 3.72. The van der Waals surface area contributed by atoms with Gasteiger partial charge < -0.3 is 9.47 Å². The predicted octanol–water partition coefficient (Wildman–Crippen LogP) is 5.38. The maximum Gasteiger partial charge on any atom is 0.312 e. The third-order valence-electron chi connectivity index (χ3n) is 3.72. The van der Waals surface area contributed by atoms with E-state index in [0.717, 1.165) is 0 Å². The van der Waals surface area contributed by atoms with Gasteiger partial charge in [0.05, 0.1) is 5.41 Å². The molecule has 2 rings (SSSR count). The van der Waals surface area contributed by atoms with Gasteiger partial charge in [-0.25, -0.2) is 0 Å². The van der Waals surface area contributed by atoms with Crippen molar-refractivity contribution in [2.45, 2.75) is 53.2 Å². The Morgan fingerprint density at radius 3 is 2.04 bits per heavy atom. The van der Waals surface area contributed by atoms with Crippen LogP contribution in [0.25, 0.3) is 0 Å². The molecule has 0 fully saturated rings. The van der Waals surface area contributed by atoms with Crippen LogP contribution in [0.15, 0.2) is 54.6 Å². The topological polar surface area (TPSA) is 52.6 Å². The molecule has 0 spiro atoms. The number of ether oxygens (including phenoxy) is 2. The Morgan fingerprint density at radius 2 is 1.48 bits per heavy atom. The summed E-state index contributed by atoms with van der Waals surface area (Å²) in [6, 6.07) is 16.0. The second-order valence-corrected chi connectivity index (χ2v) is 8.55. The van der Waals surface area contributed by atoms with Crippen LogP contribution in [0.1, 0.15) is 63.6 Å². The number of benzene rings is 2. The first kappa shape index (κ1) is 20.7. The molecule has 0 saturated carbocycles. The van der Waals surface area contributed by atoms with E-state index in [1.54, 1.807) is 63.2 Å². The standard InChI is InChI=1S/C23H28O4/c1-22(2,3)21(25)26-20(19(24)16-11-8-7-9-12-16)17-13-10-14-18(15-17)27-23(4,5)6/h7-15,20H,1-6H3. The Morgan fingerprint density at radius 1 is 0.852 bits per heavy atom. The molecular formula is C23H28O4. The summed E-state index contributed by atoms with van der Waals surface area (Å²) in [5.41, 5.74) is -0.0106. The van der Waals surface area contributed by atoms with Crippen LogP contribution >= 0.6 is 0 Å². The first-order chi connectivity index (χ1) is 12.5. The summed E-state index contributed by atoms with van der Waals surface area (Å²) in [5, 5.41) is 0. The summed E-state index contributed by atoms with van der Waals surface area (Å²) < 4.78 is 11.6. The molecule has 0 heterocycles. The fraction of sp³-hybridized carbons (Fsp3) is 0.391. The monoisotopic (exact) mass is 368 g/mol. The molecule has 144 valence electrons. The van der Waals surface area contributed by atoms with Crippen molar-refractivity contribution in [1.29, 1.82) is 0 Å². The van der Waals surface area contributed by atoms with Gasteiger partial charge in [-0.2, -0.15) is 0 Å². The second kappa shape index (κ2) is 7.95. The van der Waals surface area contributed by atoms with Crippen LogP contribution in [0.2, 0.25) is 0 Å². The van der Waals surface area contributed by atoms with Gasteiger partial charge in [-0.15, -0.1) is 0 Å². The Bertz CT molecular complexity index is 795. The van der Waals surface area contributed by atoms with Gasteiger partial charge in [-0.05, 0) is 53.7 Å². The normalized spacial score (nSPS) is 13.0. The molecule has 0 aromatic heterocycles. The van der Waals surface area contributed by atoms with Gasteiger partial charge in [0.15, 0.2) is 6.10 Å². The number of esters is 1. The molecule has 0 N–H and O–H groups in total. The van der Waals surface area contributed by atoms with Crippen LogP contribution in [0, 0.1) is 5.41 Å². The lowest BCUT2D eigenvalue weighted by Gasteiger charge is -2.25. The van der Waals surface area contributed by atoms with Crippen LogP contribution in [0.5, 0.6) is 5.75 Å². The zero-order valence-electron chi connectivity index (χ0n) is 16.9. The predicted molar refractivity (Wildman–Crippen MR) is 106 cm³/mol. The zero-order chi connectivity index (χ0) is 20.2. The summed E-state index contributed by atoms with van der Waals surface area (Å²) in [6.45, 7) is 11.1. The lowest BCUT2D eigenvalue weighted by Crippen LogP contribution is -2.28. The minimum absolute atomic E-state index is 0.263. The molecule has 27 heavy (non-hydrogen) atoms. The number of ketones is 1. The lowest BCUT2D eigenvalue weighted by atomic mass is 9.95. The first-order valence-corrected chi connectivity index (χ1v) is 9.07. The van der Waals surface area contributed by atoms with E-state index in [1.807, 2.05) is 32.9 Å². The summed E-state index contributed by atoms with van der Waals surface area (Å²) in [7, 11) is 0. The first-order valence-electron chi connectivity index (χ1n) is 9.07. The highest BCUT2D eigenvalue weighted by Gasteiger charge is 2.32. The van der Waals surface area contributed by atoms with E-state index in [-0.39, 0.29) is 11.4 Å². The molecule has 2 aromatic rings. The fourth-order valence-corrected chi connectivity index (χ4v) is 2.41. The van der Waals surface area contributed by atoms with Gasteiger partial charge in [0, 0.05) is 11.1 Å². The molecule has 2 aromatic carbocycles. The second-order valence-electron chi connectivity index (χ2n) is 8.55. The number of Topliss-reactive ketones (excluding diaryl/α,β-unsaturated/α-hetero) is 1. The average Bonchev–Trinajstić information content (AvgIpc) is 2.57. The van der Waals surface area contributed by atoms with E-state index in [4.69, 9.17) is 9.47 Å². The van der Waals surface area contributed by atoms with Gasteiger partial charge in [0.2, 0.25) is 5.78 Å². The van der Waals surface area contributed by atoms with Crippen molar-refractivity contribution in [3.63, 3.8) is 0 Å². The number of carbonyl (C=O) groups excluding carboxylic acids is 2. The summed E-state index contributed by atoms with van der Waals surface area (Å²) in [6.07, 6.45) is -1.03. The van der Waals surface area contributed by atoms with E-state index in [2.05, 4.69) is 0 Å². The van der Waals surface area contributed by atoms with Gasteiger partial charge in [-0.1, -0.05) is 42.5 Å². The van der Waals surface area contributed by atoms with E-state index >= 15 is 0 Å². The average molecular weight is 368 g/mol. The van der Waals surface area contributed by atoms with Crippen LogP contribution < -0.4 is 4.74 Å². The Balaban J connectivity index is 2.42. The minimum atomic E-state index is -1.03. The maximum atomic E-state index is 13.1. The summed E-state index contributed by atoms with van der Waals surface area (Å²) in [5.74, 6) is -0.0716. The van der Waals surface area contributed by atoms with Crippen LogP contribution in [0.3, 0.4) is 0 Å². The van der Waals surface area contributed by atoms with Crippen LogP contribution in [-0.4, -0.2) is 17.4 Å². The van der Waals surface area contributed by atoms with E-state index in [1.165, 1.54) is 0 Å². The molecule has 0 radical (unpaired) electrons. The zero-order valence-corrected chi connectivity index (χ0v) is 16.9.